The number of hydrogen-bond acceptors (Lipinski definition) is 7. The van der Waals surface area contributed by atoms with Crippen LogP contribution in [0.5, 0.6) is 0 Å². The maximum atomic E-state index is 12.5. The molecule has 8 nitrogen and oxygen atoms in total. The third kappa shape index (κ3) is 3.73. The second kappa shape index (κ2) is 7.93. The summed E-state index contributed by atoms with van der Waals surface area (Å²) in [6.07, 6.45) is 3.49. The molecule has 4 heterocycles. The summed E-state index contributed by atoms with van der Waals surface area (Å²) in [5.74, 6) is 0.891. The van der Waals surface area contributed by atoms with Crippen LogP contribution in [0.3, 0.4) is 0 Å². The van der Waals surface area contributed by atoms with Gasteiger partial charge in [0, 0.05) is 45.0 Å². The van der Waals surface area contributed by atoms with Gasteiger partial charge in [0.15, 0.2) is 0 Å². The van der Waals surface area contributed by atoms with Crippen LogP contribution in [0, 0.1) is 0 Å². The van der Waals surface area contributed by atoms with E-state index in [0.29, 0.717) is 32.8 Å². The molecule has 3 aliphatic heterocycles. The third-order valence-electron chi connectivity index (χ3n) is 5.92. The van der Waals surface area contributed by atoms with Crippen LogP contribution in [-0.4, -0.2) is 79.5 Å². The third-order valence-corrected chi connectivity index (χ3v) is 5.92. The van der Waals surface area contributed by atoms with Gasteiger partial charge >= 0.3 is 0 Å². The summed E-state index contributed by atoms with van der Waals surface area (Å²) in [7, 11) is 1.62. The molecule has 8 heteroatoms. The lowest BCUT2D eigenvalue weighted by molar-refractivity contribution is -0.131. The summed E-state index contributed by atoms with van der Waals surface area (Å²) in [6.45, 7) is 8.70. The van der Waals surface area contributed by atoms with E-state index < -0.39 is 0 Å². The number of morpholine rings is 1. The lowest BCUT2D eigenvalue weighted by Crippen LogP contribution is -2.47. The maximum absolute atomic E-state index is 12.5. The highest BCUT2D eigenvalue weighted by atomic mass is 16.5. The molecular formula is C20H30N4O4. The maximum Gasteiger partial charge on any atom is 0.225 e. The Kier molecular flexibility index (Phi) is 5.53. The molecule has 2 saturated heterocycles. The number of amides is 1. The minimum absolute atomic E-state index is 0.135. The molecule has 0 bridgehead atoms. The Bertz CT molecular complexity index is 720. The number of carbonyl (C=O) groups is 1. The van der Waals surface area contributed by atoms with Crippen molar-refractivity contribution in [2.24, 2.45) is 0 Å². The smallest absolute Gasteiger partial charge is 0.225 e. The summed E-state index contributed by atoms with van der Waals surface area (Å²) in [5, 5.41) is 0. The van der Waals surface area contributed by atoms with Crippen molar-refractivity contribution in [3.05, 3.63) is 17.5 Å². The average molecular weight is 390 g/mol. The van der Waals surface area contributed by atoms with E-state index in [1.807, 2.05) is 11.1 Å². The van der Waals surface area contributed by atoms with Crippen molar-refractivity contribution in [1.82, 2.24) is 14.9 Å². The van der Waals surface area contributed by atoms with E-state index in [1.54, 1.807) is 7.11 Å². The minimum Gasteiger partial charge on any atom is -0.384 e. The van der Waals surface area contributed by atoms with Crippen LogP contribution in [0.25, 0.3) is 0 Å². The number of ether oxygens (including phenoxy) is 3. The second-order valence-corrected chi connectivity index (χ2v) is 8.29. The van der Waals surface area contributed by atoms with Crippen molar-refractivity contribution in [1.29, 1.82) is 0 Å². The highest BCUT2D eigenvalue weighted by Gasteiger charge is 2.46. The Morgan fingerprint density at radius 3 is 2.89 bits per heavy atom. The standard InChI is InChI=1S/C20H30N4O4/c1-14-9-24(10-15(2)28-14)19-21-8-16-11-27-13-20(18(16)22-19)5-6-23(12-20)17(25)4-7-26-3/h8,14-15H,4-7,9-13H2,1-3H3/t14-,15-,20-/m0/s1. The van der Waals surface area contributed by atoms with E-state index in [2.05, 4.69) is 23.7 Å². The molecule has 28 heavy (non-hydrogen) atoms. The van der Waals surface area contributed by atoms with Crippen molar-refractivity contribution in [2.75, 3.05) is 51.4 Å². The van der Waals surface area contributed by atoms with Gasteiger partial charge in [0.25, 0.3) is 0 Å². The van der Waals surface area contributed by atoms with Gasteiger partial charge < -0.3 is 24.0 Å². The molecule has 0 aliphatic carbocycles. The summed E-state index contributed by atoms with van der Waals surface area (Å²) in [5.41, 5.74) is 1.85. The minimum atomic E-state index is -0.239. The van der Waals surface area contributed by atoms with Crippen LogP contribution < -0.4 is 4.90 Å². The number of likely N-dealkylation sites (tertiary alicyclic amines) is 1. The van der Waals surface area contributed by atoms with Gasteiger partial charge in [-0.1, -0.05) is 0 Å². The molecule has 0 saturated carbocycles. The van der Waals surface area contributed by atoms with Crippen LogP contribution in [0.15, 0.2) is 6.20 Å². The van der Waals surface area contributed by atoms with Crippen LogP contribution in [0.2, 0.25) is 0 Å². The van der Waals surface area contributed by atoms with Gasteiger partial charge in [-0.05, 0) is 20.3 Å². The van der Waals surface area contributed by atoms with E-state index in [-0.39, 0.29) is 23.5 Å². The second-order valence-electron chi connectivity index (χ2n) is 8.29. The Balaban J connectivity index is 1.58. The Labute approximate surface area is 166 Å². The first-order chi connectivity index (χ1) is 13.5. The van der Waals surface area contributed by atoms with Gasteiger partial charge in [-0.25, -0.2) is 9.97 Å². The lowest BCUT2D eigenvalue weighted by Gasteiger charge is -2.38. The molecule has 0 radical (unpaired) electrons. The first-order valence-corrected chi connectivity index (χ1v) is 10.1. The fraction of sp³-hybridized carbons (Fsp3) is 0.750. The molecule has 0 aromatic carbocycles. The molecule has 0 unspecified atom stereocenters. The molecule has 1 spiro atoms. The van der Waals surface area contributed by atoms with Crippen LogP contribution >= 0.6 is 0 Å². The highest BCUT2D eigenvalue weighted by Crippen LogP contribution is 2.39. The first-order valence-electron chi connectivity index (χ1n) is 10.1. The fourth-order valence-corrected chi connectivity index (χ4v) is 4.62. The molecule has 4 rings (SSSR count). The molecule has 3 aliphatic rings. The van der Waals surface area contributed by atoms with Gasteiger partial charge in [0.2, 0.25) is 11.9 Å². The van der Waals surface area contributed by atoms with Gasteiger partial charge in [0.1, 0.15) is 0 Å². The lowest BCUT2D eigenvalue weighted by atomic mass is 9.80. The molecule has 1 aromatic heterocycles. The molecular weight excluding hydrogens is 360 g/mol. The number of nitrogens with zero attached hydrogens (tertiary/aromatic N) is 4. The SMILES string of the molecule is COCCC(=O)N1CC[C@@]2(COCc3cnc(N4C[C@H](C)O[C@@H](C)C4)nc32)C1. The predicted octanol–water partition coefficient (Wildman–Crippen LogP) is 1.13. The normalized spacial score (nSPS) is 30.0. The topological polar surface area (TPSA) is 77.0 Å². The summed E-state index contributed by atoms with van der Waals surface area (Å²) in [6, 6.07) is 0. The number of methoxy groups -OCH3 is 1. The number of rotatable bonds is 4. The number of anilines is 1. The van der Waals surface area contributed by atoms with Gasteiger partial charge in [0.05, 0.1) is 49.6 Å². The number of carbonyl (C=O) groups excluding carboxylic acids is 1. The van der Waals surface area contributed by atoms with Gasteiger partial charge in [-0.2, -0.15) is 0 Å². The molecule has 2 fully saturated rings. The van der Waals surface area contributed by atoms with Gasteiger partial charge in [-0.15, -0.1) is 0 Å². The average Bonchev–Trinajstić information content (AvgIpc) is 3.10. The molecule has 0 N–H and O–H groups in total. The molecule has 1 amide bonds. The largest absolute Gasteiger partial charge is 0.384 e. The van der Waals surface area contributed by atoms with E-state index in [1.165, 1.54) is 0 Å². The number of aromatic nitrogens is 2. The molecule has 154 valence electrons. The van der Waals surface area contributed by atoms with Crippen molar-refractivity contribution >= 4 is 11.9 Å². The zero-order valence-corrected chi connectivity index (χ0v) is 17.0. The molecule has 1 aromatic rings. The Hall–Kier alpha value is -1.77. The van der Waals surface area contributed by atoms with E-state index in [4.69, 9.17) is 19.2 Å². The monoisotopic (exact) mass is 390 g/mol. The first kappa shape index (κ1) is 19.5. The van der Waals surface area contributed by atoms with Crippen LogP contribution in [0.1, 0.15) is 37.9 Å². The summed E-state index contributed by atoms with van der Waals surface area (Å²) in [4.78, 5) is 26.2. The van der Waals surface area contributed by atoms with Crippen molar-refractivity contribution < 1.29 is 19.0 Å². The van der Waals surface area contributed by atoms with E-state index in [0.717, 1.165) is 43.3 Å². The zero-order valence-electron chi connectivity index (χ0n) is 17.0. The van der Waals surface area contributed by atoms with Crippen LogP contribution in [-0.2, 0) is 31.0 Å². The summed E-state index contributed by atoms with van der Waals surface area (Å²) < 4.78 is 16.8. The number of hydrogen-bond donors (Lipinski definition) is 0. The zero-order chi connectivity index (χ0) is 19.7. The van der Waals surface area contributed by atoms with Gasteiger partial charge in [-0.3, -0.25) is 4.79 Å². The quantitative estimate of drug-likeness (QED) is 0.763. The van der Waals surface area contributed by atoms with Crippen molar-refractivity contribution in [2.45, 2.75) is 50.9 Å². The highest BCUT2D eigenvalue weighted by molar-refractivity contribution is 5.77. The van der Waals surface area contributed by atoms with E-state index in [9.17, 15) is 4.79 Å². The van der Waals surface area contributed by atoms with Crippen molar-refractivity contribution in [3.63, 3.8) is 0 Å². The van der Waals surface area contributed by atoms with Crippen LogP contribution in [0.4, 0.5) is 5.95 Å². The number of fused-ring (bicyclic) bond motifs is 2. The van der Waals surface area contributed by atoms with E-state index >= 15 is 0 Å². The fourth-order valence-electron chi connectivity index (χ4n) is 4.62. The van der Waals surface area contributed by atoms with Crippen molar-refractivity contribution in [3.8, 4) is 0 Å². The Morgan fingerprint density at radius 2 is 2.14 bits per heavy atom. The summed E-state index contributed by atoms with van der Waals surface area (Å²) >= 11 is 0. The Morgan fingerprint density at radius 1 is 1.36 bits per heavy atom. The molecule has 3 atom stereocenters. The predicted molar refractivity (Wildman–Crippen MR) is 103 cm³/mol.